The van der Waals surface area contributed by atoms with Gasteiger partial charge in [-0.25, -0.2) is 0 Å². The van der Waals surface area contributed by atoms with E-state index in [-0.39, 0.29) is 17.3 Å². The van der Waals surface area contributed by atoms with E-state index in [2.05, 4.69) is 15.2 Å². The van der Waals surface area contributed by atoms with E-state index >= 15 is 0 Å². The molecule has 0 aliphatic heterocycles. The van der Waals surface area contributed by atoms with Gasteiger partial charge in [0, 0.05) is 6.42 Å². The van der Waals surface area contributed by atoms with Gasteiger partial charge in [0.25, 0.3) is 11.4 Å². The molecule has 9 nitrogen and oxygen atoms in total. The number of aryl methyl sites for hydroxylation is 1. The number of ether oxygens (including phenoxy) is 2. The first-order valence-electron chi connectivity index (χ1n) is 11.0. The summed E-state index contributed by atoms with van der Waals surface area (Å²) in [5.41, 5.74) is 0.573. The first-order valence-corrected chi connectivity index (χ1v) is 11.0. The second-order valence-electron chi connectivity index (χ2n) is 7.65. The normalized spacial score (nSPS) is 10.9. The van der Waals surface area contributed by atoms with E-state index in [1.807, 2.05) is 37.3 Å². The molecule has 0 radical (unpaired) electrons. The van der Waals surface area contributed by atoms with Crippen molar-refractivity contribution in [2.45, 2.75) is 32.6 Å². The van der Waals surface area contributed by atoms with E-state index in [0.717, 1.165) is 18.4 Å². The van der Waals surface area contributed by atoms with Crippen molar-refractivity contribution in [1.82, 2.24) is 19.7 Å². The molecule has 0 unspecified atom stereocenters. The lowest BCUT2D eigenvalue weighted by Crippen LogP contribution is -2.20. The van der Waals surface area contributed by atoms with E-state index in [0.29, 0.717) is 41.7 Å². The Morgan fingerprint density at radius 1 is 1.00 bits per heavy atom. The molecule has 4 aromatic rings. The van der Waals surface area contributed by atoms with Gasteiger partial charge in [-0.05, 0) is 24.1 Å². The van der Waals surface area contributed by atoms with Crippen LogP contribution in [0, 0.1) is 0 Å². The van der Waals surface area contributed by atoms with E-state index < -0.39 is 5.56 Å². The van der Waals surface area contributed by atoms with E-state index in [4.69, 9.17) is 13.9 Å². The molecule has 2 aromatic carbocycles. The number of methoxy groups -OCH3 is 2. The summed E-state index contributed by atoms with van der Waals surface area (Å²) in [4.78, 5) is 17.3. The van der Waals surface area contributed by atoms with Gasteiger partial charge >= 0.3 is 0 Å². The van der Waals surface area contributed by atoms with Crippen molar-refractivity contribution in [3.05, 3.63) is 76.2 Å². The fourth-order valence-corrected chi connectivity index (χ4v) is 3.73. The quantitative estimate of drug-likeness (QED) is 0.398. The maximum atomic E-state index is 13.0. The highest BCUT2D eigenvalue weighted by Gasteiger charge is 2.26. The smallest absolute Gasteiger partial charge is 0.289 e. The highest BCUT2D eigenvalue weighted by Crippen LogP contribution is 2.38. The predicted molar refractivity (Wildman–Crippen MR) is 126 cm³/mol. The van der Waals surface area contributed by atoms with Gasteiger partial charge in [-0.2, -0.15) is 4.98 Å². The third-order valence-electron chi connectivity index (χ3n) is 5.40. The van der Waals surface area contributed by atoms with Gasteiger partial charge in [-0.15, -0.1) is 10.2 Å². The van der Waals surface area contributed by atoms with Crippen LogP contribution < -0.4 is 15.0 Å². The molecular formula is C25H26N4O5. The average Bonchev–Trinajstić information content (AvgIpc) is 3.30. The Kier molecular flexibility index (Phi) is 6.91. The van der Waals surface area contributed by atoms with Gasteiger partial charge < -0.3 is 19.0 Å². The van der Waals surface area contributed by atoms with Crippen LogP contribution in [-0.4, -0.2) is 39.1 Å². The van der Waals surface area contributed by atoms with Crippen LogP contribution in [0.3, 0.4) is 0 Å². The van der Waals surface area contributed by atoms with Crippen molar-refractivity contribution in [2.75, 3.05) is 14.2 Å². The molecule has 0 fully saturated rings. The highest BCUT2D eigenvalue weighted by molar-refractivity contribution is 5.65. The minimum atomic E-state index is -0.649. The van der Waals surface area contributed by atoms with Crippen LogP contribution in [0.4, 0.5) is 0 Å². The number of rotatable bonds is 9. The second-order valence-corrected chi connectivity index (χ2v) is 7.65. The lowest BCUT2D eigenvalue weighted by molar-refractivity contribution is 0.379. The van der Waals surface area contributed by atoms with E-state index in [1.54, 1.807) is 18.2 Å². The number of hydrogen-bond acceptors (Lipinski definition) is 8. The van der Waals surface area contributed by atoms with Crippen LogP contribution in [0.2, 0.25) is 0 Å². The van der Waals surface area contributed by atoms with Crippen molar-refractivity contribution in [1.29, 1.82) is 0 Å². The molecule has 0 bridgehead atoms. The third-order valence-corrected chi connectivity index (χ3v) is 5.40. The molecular weight excluding hydrogens is 436 g/mol. The molecule has 0 amide bonds. The van der Waals surface area contributed by atoms with Gasteiger partial charge in [-0.1, -0.05) is 49.7 Å². The van der Waals surface area contributed by atoms with Gasteiger partial charge in [0.2, 0.25) is 11.8 Å². The Balaban J connectivity index is 1.88. The largest absolute Gasteiger partial charge is 0.494 e. The van der Waals surface area contributed by atoms with E-state index in [9.17, 15) is 9.90 Å². The third kappa shape index (κ3) is 4.50. The van der Waals surface area contributed by atoms with Crippen molar-refractivity contribution < 1.29 is 19.0 Å². The number of aromatic nitrogens is 4. The lowest BCUT2D eigenvalue weighted by atomic mass is 10.1. The maximum Gasteiger partial charge on any atom is 0.289 e. The molecule has 0 saturated heterocycles. The molecule has 0 aliphatic carbocycles. The summed E-state index contributed by atoms with van der Waals surface area (Å²) in [5.74, 6) is 1.10. The van der Waals surface area contributed by atoms with Crippen LogP contribution in [0.15, 0.2) is 57.7 Å². The van der Waals surface area contributed by atoms with E-state index in [1.165, 1.54) is 18.8 Å². The molecule has 0 spiro atoms. The van der Waals surface area contributed by atoms with Gasteiger partial charge in [-0.3, -0.25) is 9.36 Å². The lowest BCUT2D eigenvalue weighted by Gasteiger charge is -2.20. The zero-order valence-corrected chi connectivity index (χ0v) is 19.3. The maximum absolute atomic E-state index is 13.0. The molecule has 2 heterocycles. The minimum absolute atomic E-state index is 0.106. The summed E-state index contributed by atoms with van der Waals surface area (Å²) in [6.07, 6.45) is 2.51. The average molecular weight is 463 g/mol. The number of nitrogens with zero attached hydrogens (tertiary/aromatic N) is 4. The summed E-state index contributed by atoms with van der Waals surface area (Å²) < 4.78 is 18.3. The number of para-hydroxylation sites is 1. The van der Waals surface area contributed by atoms with Crippen LogP contribution in [0.5, 0.6) is 17.4 Å². The minimum Gasteiger partial charge on any atom is -0.494 e. The summed E-state index contributed by atoms with van der Waals surface area (Å²) >= 11 is 0. The summed E-state index contributed by atoms with van der Waals surface area (Å²) in [6.45, 7) is 2.03. The number of unbranched alkanes of at least 4 members (excludes halogenated alkanes) is 1. The monoisotopic (exact) mass is 462 g/mol. The molecule has 176 valence electrons. The van der Waals surface area contributed by atoms with Crippen LogP contribution in [-0.2, 0) is 12.8 Å². The molecule has 2 aromatic heterocycles. The summed E-state index contributed by atoms with van der Waals surface area (Å²) in [5, 5.41) is 19.5. The van der Waals surface area contributed by atoms with Gasteiger partial charge in [0.15, 0.2) is 5.56 Å². The second kappa shape index (κ2) is 10.2. The Morgan fingerprint density at radius 3 is 2.35 bits per heavy atom. The molecule has 0 atom stereocenters. The fraction of sp³-hybridized carbons (Fsp3) is 0.280. The Morgan fingerprint density at radius 2 is 1.71 bits per heavy atom. The molecule has 9 heteroatoms. The number of benzene rings is 2. The molecule has 4 rings (SSSR count). The van der Waals surface area contributed by atoms with Gasteiger partial charge in [0.05, 0.1) is 20.6 Å². The predicted octanol–water partition coefficient (Wildman–Crippen LogP) is 3.94. The van der Waals surface area contributed by atoms with Crippen molar-refractivity contribution in [2.24, 2.45) is 0 Å². The zero-order valence-electron chi connectivity index (χ0n) is 19.3. The molecule has 0 saturated carbocycles. The van der Waals surface area contributed by atoms with Crippen molar-refractivity contribution >= 4 is 0 Å². The highest BCUT2D eigenvalue weighted by atomic mass is 16.5. The first-order chi connectivity index (χ1) is 16.6. The Bertz CT molecular complexity index is 1310. The van der Waals surface area contributed by atoms with Crippen molar-refractivity contribution in [3.63, 3.8) is 0 Å². The standard InChI is InChI=1S/C25H26N4O5/c1-4-5-14-19-26-23(30)21(24-28-27-20(34-24)15-16-10-7-6-8-11-16)25(31)29(19)22-17(32-2)12-9-13-18(22)33-3/h6-13,31H,4-5,14-15H2,1-3H3. The summed E-state index contributed by atoms with van der Waals surface area (Å²) in [6, 6.07) is 14.9. The number of aromatic hydroxyl groups is 1. The SMILES string of the molecule is CCCCc1nc(=O)c(-c2nnc(Cc3ccccc3)o2)c(O)n1-c1c(OC)cccc1OC. The fourth-order valence-electron chi connectivity index (χ4n) is 3.73. The van der Waals surface area contributed by atoms with Crippen LogP contribution in [0.1, 0.15) is 37.0 Å². The Hall–Kier alpha value is -4.14. The van der Waals surface area contributed by atoms with Crippen molar-refractivity contribution in [3.8, 4) is 34.5 Å². The molecule has 0 aliphatic rings. The molecule has 34 heavy (non-hydrogen) atoms. The zero-order chi connectivity index (χ0) is 24.1. The van der Waals surface area contributed by atoms with Crippen LogP contribution in [0.25, 0.3) is 17.1 Å². The molecule has 1 N–H and O–H groups in total. The first kappa shape index (κ1) is 23.0. The van der Waals surface area contributed by atoms with Crippen LogP contribution >= 0.6 is 0 Å². The summed E-state index contributed by atoms with van der Waals surface area (Å²) in [7, 11) is 3.04. The topological polar surface area (TPSA) is 112 Å². The Labute approximate surface area is 196 Å². The van der Waals surface area contributed by atoms with Gasteiger partial charge in [0.1, 0.15) is 23.0 Å². The number of hydrogen-bond donors (Lipinski definition) is 1.